The van der Waals surface area contributed by atoms with Gasteiger partial charge in [-0.3, -0.25) is 0 Å². The van der Waals surface area contributed by atoms with Crippen molar-refractivity contribution in [1.82, 2.24) is 0 Å². The zero-order valence-electron chi connectivity index (χ0n) is 16.5. The molecule has 2 aromatic carbocycles. The monoisotopic (exact) mass is 358 g/mol. The van der Waals surface area contributed by atoms with E-state index >= 15 is 0 Å². The minimum Gasteiger partial charge on any atom is -0.384 e. The van der Waals surface area contributed by atoms with Crippen molar-refractivity contribution in [2.75, 3.05) is 41.3 Å². The SMILES string of the molecule is C[N+](C)(Cc1ccccc1)C[C@H](O)[C@@H](O)C[N+](C)(C)Cc1ccccc1. The molecular formula is C22H34N2O2+2. The van der Waals surface area contributed by atoms with Crippen molar-refractivity contribution in [3.63, 3.8) is 0 Å². The number of hydrogen-bond acceptors (Lipinski definition) is 2. The molecular weight excluding hydrogens is 324 g/mol. The lowest BCUT2D eigenvalue weighted by molar-refractivity contribution is -0.914. The predicted octanol–water partition coefficient (Wildman–Crippen LogP) is 2.26. The van der Waals surface area contributed by atoms with Crippen molar-refractivity contribution in [2.24, 2.45) is 0 Å². The van der Waals surface area contributed by atoms with E-state index in [1.54, 1.807) is 0 Å². The van der Waals surface area contributed by atoms with Crippen LogP contribution in [0.5, 0.6) is 0 Å². The largest absolute Gasteiger partial charge is 0.384 e. The molecule has 0 bridgehead atoms. The Hall–Kier alpha value is -1.72. The third-order valence-electron chi connectivity index (χ3n) is 4.71. The molecule has 0 aromatic heterocycles. The van der Waals surface area contributed by atoms with Crippen molar-refractivity contribution < 1.29 is 19.2 Å². The van der Waals surface area contributed by atoms with Crippen molar-refractivity contribution in [2.45, 2.75) is 25.3 Å². The average Bonchev–Trinajstić information content (AvgIpc) is 2.54. The topological polar surface area (TPSA) is 40.5 Å². The molecule has 2 aromatic rings. The van der Waals surface area contributed by atoms with E-state index in [0.717, 1.165) is 13.1 Å². The minimum absolute atomic E-state index is 0.515. The normalized spacial score (nSPS) is 14.8. The Bertz CT molecular complexity index is 597. The molecule has 0 saturated heterocycles. The molecule has 0 unspecified atom stereocenters. The summed E-state index contributed by atoms with van der Waals surface area (Å²) in [7, 11) is 8.36. The van der Waals surface area contributed by atoms with E-state index in [2.05, 4.69) is 52.5 Å². The highest BCUT2D eigenvalue weighted by Crippen LogP contribution is 2.14. The molecule has 4 heteroatoms. The number of nitrogens with zero attached hydrogens (tertiary/aromatic N) is 2. The number of quaternary nitrogens is 2. The van der Waals surface area contributed by atoms with Crippen LogP contribution in [-0.2, 0) is 13.1 Å². The summed E-state index contributed by atoms with van der Waals surface area (Å²) in [6.45, 7) is 2.68. The smallest absolute Gasteiger partial charge is 0.134 e. The maximum atomic E-state index is 10.6. The van der Waals surface area contributed by atoms with Crippen LogP contribution in [0.1, 0.15) is 11.1 Å². The first-order chi connectivity index (χ1) is 12.2. The number of aliphatic hydroxyl groups is 2. The second kappa shape index (κ2) is 8.78. The van der Waals surface area contributed by atoms with Gasteiger partial charge < -0.3 is 19.2 Å². The second-order valence-electron chi connectivity index (χ2n) is 8.66. The highest BCUT2D eigenvalue weighted by Gasteiger charge is 2.31. The molecule has 0 fully saturated rings. The standard InChI is InChI=1S/C22H34N2O2/c1-23(2,15-19-11-7-5-8-12-19)17-21(25)22(26)18-24(3,4)16-20-13-9-6-10-14-20/h5-14,21-22,25-26H,15-18H2,1-4H3/q+2/t21-,22-/m0/s1. The first-order valence-electron chi connectivity index (χ1n) is 9.25. The molecule has 0 aliphatic carbocycles. The van der Waals surface area contributed by atoms with E-state index < -0.39 is 12.2 Å². The van der Waals surface area contributed by atoms with Crippen LogP contribution in [0.25, 0.3) is 0 Å². The van der Waals surface area contributed by atoms with Gasteiger partial charge in [-0.05, 0) is 0 Å². The lowest BCUT2D eigenvalue weighted by Gasteiger charge is -2.36. The number of hydrogen-bond donors (Lipinski definition) is 2. The highest BCUT2D eigenvalue weighted by molar-refractivity contribution is 5.14. The van der Waals surface area contributed by atoms with Gasteiger partial charge in [0.15, 0.2) is 0 Å². The van der Waals surface area contributed by atoms with Crippen LogP contribution in [0.4, 0.5) is 0 Å². The molecule has 0 radical (unpaired) electrons. The van der Waals surface area contributed by atoms with Crippen LogP contribution in [-0.4, -0.2) is 72.7 Å². The van der Waals surface area contributed by atoms with Gasteiger partial charge in [0, 0.05) is 11.1 Å². The van der Waals surface area contributed by atoms with Gasteiger partial charge in [0.25, 0.3) is 0 Å². The van der Waals surface area contributed by atoms with E-state index in [1.807, 2.05) is 36.4 Å². The van der Waals surface area contributed by atoms with Gasteiger partial charge in [-0.25, -0.2) is 0 Å². The summed E-state index contributed by atoms with van der Waals surface area (Å²) >= 11 is 0. The van der Waals surface area contributed by atoms with Crippen molar-refractivity contribution in [3.8, 4) is 0 Å². The Morgan fingerprint density at radius 2 is 0.923 bits per heavy atom. The Kier molecular flexibility index (Phi) is 6.95. The van der Waals surface area contributed by atoms with Gasteiger partial charge in [0.2, 0.25) is 0 Å². The quantitative estimate of drug-likeness (QED) is 0.675. The summed E-state index contributed by atoms with van der Waals surface area (Å²) in [5.41, 5.74) is 2.47. The van der Waals surface area contributed by atoms with E-state index in [1.165, 1.54) is 11.1 Å². The number of rotatable bonds is 9. The fourth-order valence-corrected chi connectivity index (χ4v) is 3.54. The third kappa shape index (κ3) is 6.89. The Labute approximate surface area is 158 Å². The summed E-state index contributed by atoms with van der Waals surface area (Å²) in [6, 6.07) is 20.5. The molecule has 2 N–H and O–H groups in total. The van der Waals surface area contributed by atoms with E-state index in [9.17, 15) is 10.2 Å². The molecule has 0 spiro atoms. The maximum absolute atomic E-state index is 10.6. The average molecular weight is 359 g/mol. The van der Waals surface area contributed by atoms with Crippen LogP contribution in [0.2, 0.25) is 0 Å². The van der Waals surface area contributed by atoms with Gasteiger partial charge in [-0.2, -0.15) is 0 Å². The lowest BCUT2D eigenvalue weighted by atomic mass is 10.1. The van der Waals surface area contributed by atoms with Gasteiger partial charge >= 0.3 is 0 Å². The first-order valence-corrected chi connectivity index (χ1v) is 9.25. The van der Waals surface area contributed by atoms with Crippen LogP contribution in [0.15, 0.2) is 60.7 Å². The van der Waals surface area contributed by atoms with Crippen molar-refractivity contribution in [1.29, 1.82) is 0 Å². The summed E-state index contributed by atoms with van der Waals surface area (Å²) in [5, 5.41) is 21.2. The number of benzene rings is 2. The van der Waals surface area contributed by atoms with Crippen LogP contribution < -0.4 is 0 Å². The summed E-state index contributed by atoms with van der Waals surface area (Å²) in [6.07, 6.45) is -1.50. The number of aliphatic hydroxyl groups excluding tert-OH is 2. The molecule has 0 aliphatic heterocycles. The van der Waals surface area contributed by atoms with E-state index in [-0.39, 0.29) is 0 Å². The predicted molar refractivity (Wildman–Crippen MR) is 106 cm³/mol. The molecule has 0 saturated carbocycles. The Morgan fingerprint density at radius 1 is 0.615 bits per heavy atom. The molecule has 142 valence electrons. The molecule has 0 heterocycles. The molecule has 26 heavy (non-hydrogen) atoms. The fraction of sp³-hybridized carbons (Fsp3) is 0.455. The van der Waals surface area contributed by atoms with Gasteiger partial charge in [-0.15, -0.1) is 0 Å². The molecule has 2 rings (SSSR count). The summed E-state index contributed by atoms with van der Waals surface area (Å²) in [4.78, 5) is 0. The third-order valence-corrected chi connectivity index (χ3v) is 4.71. The molecule has 4 nitrogen and oxygen atoms in total. The summed E-state index contributed by atoms with van der Waals surface area (Å²) in [5.74, 6) is 0. The summed E-state index contributed by atoms with van der Waals surface area (Å²) < 4.78 is 1.27. The maximum Gasteiger partial charge on any atom is 0.134 e. The molecule has 0 amide bonds. The van der Waals surface area contributed by atoms with Crippen LogP contribution in [0, 0.1) is 0 Å². The van der Waals surface area contributed by atoms with Crippen molar-refractivity contribution in [3.05, 3.63) is 71.8 Å². The van der Waals surface area contributed by atoms with Crippen molar-refractivity contribution >= 4 is 0 Å². The van der Waals surface area contributed by atoms with E-state index in [4.69, 9.17) is 0 Å². The van der Waals surface area contributed by atoms with Gasteiger partial charge in [-0.1, -0.05) is 60.7 Å². The first kappa shape index (κ1) is 20.6. The Morgan fingerprint density at radius 3 is 1.23 bits per heavy atom. The Balaban J connectivity index is 1.90. The van der Waals surface area contributed by atoms with Crippen LogP contribution in [0.3, 0.4) is 0 Å². The second-order valence-corrected chi connectivity index (χ2v) is 8.66. The fourth-order valence-electron chi connectivity index (χ4n) is 3.54. The lowest BCUT2D eigenvalue weighted by Crippen LogP contribution is -2.53. The number of likely N-dealkylation sites (N-methyl/N-ethyl adjacent to an activating group) is 2. The zero-order valence-corrected chi connectivity index (χ0v) is 16.5. The van der Waals surface area contributed by atoms with Crippen LogP contribution >= 0.6 is 0 Å². The van der Waals surface area contributed by atoms with Gasteiger partial charge in [0.1, 0.15) is 38.4 Å². The molecule has 0 aliphatic rings. The zero-order chi connectivity index (χ0) is 19.2. The minimum atomic E-state index is -0.748. The van der Waals surface area contributed by atoms with Gasteiger partial charge in [0.05, 0.1) is 28.2 Å². The molecule has 2 atom stereocenters. The highest BCUT2D eigenvalue weighted by atomic mass is 16.3. The van der Waals surface area contributed by atoms with E-state index in [0.29, 0.717) is 22.1 Å².